The molecule has 0 aromatic heterocycles. The fourth-order valence-corrected chi connectivity index (χ4v) is 2.57. The third-order valence-electron chi connectivity index (χ3n) is 2.89. The third kappa shape index (κ3) is 3.77. The monoisotopic (exact) mass is 274 g/mol. The van der Waals surface area contributed by atoms with Crippen LogP contribution in [-0.2, 0) is 4.79 Å². The Bertz CT molecular complexity index is 515. The number of ketones is 1. The molecule has 1 aliphatic heterocycles. The molecule has 1 atom stereocenters. The normalized spacial score (nSPS) is 18.5. The smallest absolute Gasteiger partial charge is 0.184 e. The molecule has 0 saturated heterocycles. The maximum Gasteiger partial charge on any atom is 0.184 e. The molecule has 0 aliphatic carbocycles. The quantitative estimate of drug-likeness (QED) is 0.846. The summed E-state index contributed by atoms with van der Waals surface area (Å²) in [5.74, 6) is 0.653. The van der Waals surface area contributed by atoms with E-state index in [0.717, 1.165) is 5.56 Å². The highest BCUT2D eigenvalue weighted by molar-refractivity contribution is 8.14. The van der Waals surface area contributed by atoms with Crippen molar-refractivity contribution in [1.82, 2.24) is 0 Å². The van der Waals surface area contributed by atoms with Gasteiger partial charge >= 0.3 is 0 Å². The SMILES string of the molecule is CC(C)(C)C(=O)CSC1=NC(c2ccccc2)C=N1. The van der Waals surface area contributed by atoms with Crippen LogP contribution in [0.5, 0.6) is 0 Å². The van der Waals surface area contributed by atoms with E-state index in [1.165, 1.54) is 11.8 Å². The molecule has 0 bridgehead atoms. The summed E-state index contributed by atoms with van der Waals surface area (Å²) in [7, 11) is 0. The molecule has 1 aromatic rings. The number of rotatable bonds is 3. The van der Waals surface area contributed by atoms with Crippen LogP contribution in [0.25, 0.3) is 0 Å². The summed E-state index contributed by atoms with van der Waals surface area (Å²) in [5, 5.41) is 0.700. The summed E-state index contributed by atoms with van der Waals surface area (Å²) < 4.78 is 0. The molecule has 2 rings (SSSR count). The second-order valence-electron chi connectivity index (χ2n) is 5.51. The van der Waals surface area contributed by atoms with Gasteiger partial charge in [-0.2, -0.15) is 0 Å². The van der Waals surface area contributed by atoms with Gasteiger partial charge in [-0.25, -0.2) is 9.98 Å². The number of aliphatic imine (C=N–C) groups is 2. The standard InChI is InChI=1S/C15H18N2OS/c1-15(2,3)13(18)10-19-14-16-9-12(17-14)11-7-5-4-6-8-11/h4-9,12H,10H2,1-3H3. The molecular formula is C15H18N2OS. The number of hydrogen-bond acceptors (Lipinski definition) is 4. The van der Waals surface area contributed by atoms with E-state index in [1.54, 1.807) is 0 Å². The molecule has 1 aliphatic rings. The Labute approximate surface area is 118 Å². The molecule has 100 valence electrons. The lowest BCUT2D eigenvalue weighted by atomic mass is 9.92. The summed E-state index contributed by atoms with van der Waals surface area (Å²) >= 11 is 1.42. The van der Waals surface area contributed by atoms with Gasteiger partial charge in [-0.15, -0.1) is 0 Å². The van der Waals surface area contributed by atoms with Gasteiger partial charge < -0.3 is 0 Å². The van der Waals surface area contributed by atoms with Crippen LogP contribution in [-0.4, -0.2) is 22.9 Å². The Morgan fingerprint density at radius 3 is 2.58 bits per heavy atom. The van der Waals surface area contributed by atoms with Crippen molar-refractivity contribution in [2.45, 2.75) is 26.8 Å². The molecule has 1 unspecified atom stereocenters. The Kier molecular flexibility index (Phi) is 4.20. The molecule has 0 N–H and O–H groups in total. The molecule has 1 aromatic carbocycles. The topological polar surface area (TPSA) is 41.8 Å². The van der Waals surface area contributed by atoms with E-state index in [0.29, 0.717) is 10.9 Å². The highest BCUT2D eigenvalue weighted by Crippen LogP contribution is 2.24. The van der Waals surface area contributed by atoms with Crippen LogP contribution in [0.3, 0.4) is 0 Å². The summed E-state index contributed by atoms with van der Waals surface area (Å²) in [5.41, 5.74) is 0.832. The minimum absolute atomic E-state index is 0.00608. The van der Waals surface area contributed by atoms with Crippen LogP contribution in [0.2, 0.25) is 0 Å². The predicted molar refractivity (Wildman–Crippen MR) is 82.0 cm³/mol. The van der Waals surface area contributed by atoms with Gasteiger partial charge in [0.1, 0.15) is 11.8 Å². The van der Waals surface area contributed by atoms with Gasteiger partial charge in [0, 0.05) is 11.6 Å². The van der Waals surface area contributed by atoms with Crippen LogP contribution in [0.15, 0.2) is 40.3 Å². The summed E-state index contributed by atoms with van der Waals surface area (Å²) in [6.45, 7) is 5.80. The molecule has 0 saturated carbocycles. The zero-order valence-corrected chi connectivity index (χ0v) is 12.3. The van der Waals surface area contributed by atoms with Gasteiger partial charge in [-0.1, -0.05) is 62.9 Å². The van der Waals surface area contributed by atoms with Crippen molar-refractivity contribution in [2.24, 2.45) is 15.4 Å². The molecule has 19 heavy (non-hydrogen) atoms. The molecule has 1 heterocycles. The lowest BCUT2D eigenvalue weighted by Crippen LogP contribution is -2.22. The van der Waals surface area contributed by atoms with Gasteiger partial charge in [0.05, 0.1) is 5.75 Å². The van der Waals surface area contributed by atoms with Gasteiger partial charge in [0.15, 0.2) is 5.17 Å². The Morgan fingerprint density at radius 2 is 1.95 bits per heavy atom. The lowest BCUT2D eigenvalue weighted by Gasteiger charge is -2.15. The van der Waals surface area contributed by atoms with Gasteiger partial charge in [0.25, 0.3) is 0 Å². The van der Waals surface area contributed by atoms with E-state index in [1.807, 2.05) is 57.3 Å². The first-order valence-electron chi connectivity index (χ1n) is 6.30. The van der Waals surface area contributed by atoms with Gasteiger partial charge in [0.2, 0.25) is 0 Å². The van der Waals surface area contributed by atoms with Crippen LogP contribution in [0.4, 0.5) is 0 Å². The first-order valence-corrected chi connectivity index (χ1v) is 7.28. The number of Topliss-reactive ketones (excluding diaryl/α,β-unsaturated/α-hetero) is 1. The first kappa shape index (κ1) is 14.0. The molecule has 0 radical (unpaired) electrons. The molecule has 4 heteroatoms. The molecular weight excluding hydrogens is 256 g/mol. The minimum Gasteiger partial charge on any atom is -0.298 e. The average molecular weight is 274 g/mol. The van der Waals surface area contributed by atoms with Crippen molar-refractivity contribution in [3.63, 3.8) is 0 Å². The summed E-state index contributed by atoms with van der Waals surface area (Å²) in [4.78, 5) is 20.6. The first-order chi connectivity index (χ1) is 8.97. The van der Waals surface area contributed by atoms with Crippen LogP contribution in [0, 0.1) is 5.41 Å². The van der Waals surface area contributed by atoms with E-state index in [4.69, 9.17) is 0 Å². The van der Waals surface area contributed by atoms with Crippen molar-refractivity contribution in [3.8, 4) is 0 Å². The fourth-order valence-electron chi connectivity index (χ4n) is 1.55. The van der Waals surface area contributed by atoms with Crippen molar-refractivity contribution in [3.05, 3.63) is 35.9 Å². The second kappa shape index (κ2) is 5.70. The van der Waals surface area contributed by atoms with Gasteiger partial charge in [-0.3, -0.25) is 4.79 Å². The largest absolute Gasteiger partial charge is 0.298 e. The second-order valence-corrected chi connectivity index (χ2v) is 6.45. The Morgan fingerprint density at radius 1 is 1.26 bits per heavy atom. The van der Waals surface area contributed by atoms with E-state index in [-0.39, 0.29) is 17.2 Å². The maximum atomic E-state index is 11.8. The summed E-state index contributed by atoms with van der Waals surface area (Å²) in [6.07, 6.45) is 1.83. The number of thioether (sulfide) groups is 1. The fraction of sp³-hybridized carbons (Fsp3) is 0.400. The Balaban J connectivity index is 1.94. The van der Waals surface area contributed by atoms with Crippen LogP contribution < -0.4 is 0 Å². The number of nitrogens with zero attached hydrogens (tertiary/aromatic N) is 2. The zero-order chi connectivity index (χ0) is 13.9. The predicted octanol–water partition coefficient (Wildman–Crippen LogP) is 3.52. The molecule has 0 fully saturated rings. The number of carbonyl (C=O) groups excluding carboxylic acids is 1. The number of benzene rings is 1. The lowest BCUT2D eigenvalue weighted by molar-refractivity contribution is -0.123. The van der Waals surface area contributed by atoms with Crippen LogP contribution in [0.1, 0.15) is 32.4 Å². The molecule has 0 amide bonds. The number of hydrogen-bond donors (Lipinski definition) is 0. The van der Waals surface area contributed by atoms with Crippen molar-refractivity contribution in [1.29, 1.82) is 0 Å². The highest BCUT2D eigenvalue weighted by atomic mass is 32.2. The van der Waals surface area contributed by atoms with E-state index in [2.05, 4.69) is 9.98 Å². The van der Waals surface area contributed by atoms with Crippen molar-refractivity contribution >= 4 is 28.9 Å². The van der Waals surface area contributed by atoms with Crippen molar-refractivity contribution < 1.29 is 4.79 Å². The van der Waals surface area contributed by atoms with Crippen molar-refractivity contribution in [2.75, 3.05) is 5.75 Å². The van der Waals surface area contributed by atoms with E-state index >= 15 is 0 Å². The average Bonchev–Trinajstić information content (AvgIpc) is 2.84. The van der Waals surface area contributed by atoms with E-state index < -0.39 is 0 Å². The minimum atomic E-state index is -0.297. The molecule has 3 nitrogen and oxygen atoms in total. The Hall–Kier alpha value is -1.42. The highest BCUT2D eigenvalue weighted by Gasteiger charge is 2.22. The maximum absolute atomic E-state index is 11.8. The number of carbonyl (C=O) groups is 1. The number of amidine groups is 1. The molecule has 0 spiro atoms. The van der Waals surface area contributed by atoms with E-state index in [9.17, 15) is 4.79 Å². The summed E-state index contributed by atoms with van der Waals surface area (Å²) in [6, 6.07) is 10.0. The third-order valence-corrected chi connectivity index (χ3v) is 3.76. The van der Waals surface area contributed by atoms with Crippen LogP contribution >= 0.6 is 11.8 Å². The zero-order valence-electron chi connectivity index (χ0n) is 11.5. The van der Waals surface area contributed by atoms with Gasteiger partial charge in [-0.05, 0) is 5.56 Å².